The summed E-state index contributed by atoms with van der Waals surface area (Å²) < 4.78 is 6.70. The fraction of sp³-hybridized carbons (Fsp3) is 0.471. The minimum Gasteiger partial charge on any atom is -0.465 e. The summed E-state index contributed by atoms with van der Waals surface area (Å²) in [7, 11) is 1.35. The molecule has 0 radical (unpaired) electrons. The summed E-state index contributed by atoms with van der Waals surface area (Å²) >= 11 is 6.09. The van der Waals surface area contributed by atoms with Crippen molar-refractivity contribution >= 4 is 17.6 Å². The SMILES string of the molecule is COC(=O)c1ccc(Cl)cc1-c1cn(C2CC3CCC2(N)C3)nn1. The molecule has 1 aromatic heterocycles. The van der Waals surface area contributed by atoms with Crippen LogP contribution >= 0.6 is 11.6 Å². The van der Waals surface area contributed by atoms with Crippen LogP contribution in [-0.2, 0) is 4.74 Å². The fourth-order valence-corrected chi connectivity index (χ4v) is 4.38. The Kier molecular flexibility index (Phi) is 3.62. The topological polar surface area (TPSA) is 83.0 Å². The molecule has 0 spiro atoms. The van der Waals surface area contributed by atoms with Gasteiger partial charge in [0.1, 0.15) is 5.69 Å². The lowest BCUT2D eigenvalue weighted by Crippen LogP contribution is -2.43. The minimum absolute atomic E-state index is 0.165. The molecule has 126 valence electrons. The third kappa shape index (κ3) is 2.41. The van der Waals surface area contributed by atoms with Gasteiger partial charge in [0, 0.05) is 16.1 Å². The summed E-state index contributed by atoms with van der Waals surface area (Å²) in [5.74, 6) is 0.260. The Morgan fingerprint density at radius 1 is 1.50 bits per heavy atom. The monoisotopic (exact) mass is 346 g/mol. The summed E-state index contributed by atoms with van der Waals surface area (Å²) in [6, 6.07) is 5.18. The quantitative estimate of drug-likeness (QED) is 0.864. The molecule has 2 aliphatic carbocycles. The van der Waals surface area contributed by atoms with Gasteiger partial charge < -0.3 is 10.5 Å². The first-order chi connectivity index (χ1) is 11.5. The summed E-state index contributed by atoms with van der Waals surface area (Å²) in [6.45, 7) is 0. The number of halogens is 1. The summed E-state index contributed by atoms with van der Waals surface area (Å²) in [6.07, 6.45) is 6.19. The van der Waals surface area contributed by atoms with Crippen molar-refractivity contribution in [2.24, 2.45) is 11.7 Å². The van der Waals surface area contributed by atoms with Gasteiger partial charge in [0.2, 0.25) is 0 Å². The summed E-state index contributed by atoms with van der Waals surface area (Å²) in [5.41, 5.74) is 8.02. The minimum atomic E-state index is -0.425. The molecule has 0 aliphatic heterocycles. The van der Waals surface area contributed by atoms with E-state index in [1.165, 1.54) is 13.5 Å². The molecule has 24 heavy (non-hydrogen) atoms. The number of carbonyl (C=O) groups is 1. The van der Waals surface area contributed by atoms with E-state index in [-0.39, 0.29) is 11.6 Å². The predicted octanol–water partition coefficient (Wildman–Crippen LogP) is 2.83. The second-order valence-electron chi connectivity index (χ2n) is 6.86. The van der Waals surface area contributed by atoms with E-state index in [2.05, 4.69) is 10.3 Å². The van der Waals surface area contributed by atoms with Crippen LogP contribution in [-0.4, -0.2) is 33.6 Å². The van der Waals surface area contributed by atoms with E-state index in [0.29, 0.717) is 27.8 Å². The number of aromatic nitrogens is 3. The highest BCUT2D eigenvalue weighted by Crippen LogP contribution is 2.52. The van der Waals surface area contributed by atoms with Crippen LogP contribution < -0.4 is 5.73 Å². The van der Waals surface area contributed by atoms with Gasteiger partial charge in [-0.2, -0.15) is 0 Å². The third-order valence-corrected chi connectivity index (χ3v) is 5.63. The lowest BCUT2D eigenvalue weighted by molar-refractivity contribution is 0.0601. The molecule has 1 aromatic carbocycles. The van der Waals surface area contributed by atoms with E-state index in [1.807, 2.05) is 10.9 Å². The number of esters is 1. The van der Waals surface area contributed by atoms with Gasteiger partial charge in [0.15, 0.2) is 0 Å². The maximum atomic E-state index is 12.0. The highest BCUT2D eigenvalue weighted by molar-refractivity contribution is 6.31. The lowest BCUT2D eigenvalue weighted by atomic mass is 9.89. The number of carbonyl (C=O) groups excluding carboxylic acids is 1. The Morgan fingerprint density at radius 2 is 2.33 bits per heavy atom. The van der Waals surface area contributed by atoms with Crippen molar-refractivity contribution in [2.75, 3.05) is 7.11 Å². The average molecular weight is 347 g/mol. The first kappa shape index (κ1) is 15.6. The van der Waals surface area contributed by atoms with E-state index in [4.69, 9.17) is 22.1 Å². The van der Waals surface area contributed by atoms with Crippen molar-refractivity contribution in [1.29, 1.82) is 0 Å². The molecule has 6 nitrogen and oxygen atoms in total. The summed E-state index contributed by atoms with van der Waals surface area (Å²) in [4.78, 5) is 12.0. The first-order valence-electron chi connectivity index (χ1n) is 8.09. The van der Waals surface area contributed by atoms with Crippen LogP contribution in [0.15, 0.2) is 24.4 Å². The number of ether oxygens (including phenoxy) is 1. The van der Waals surface area contributed by atoms with Gasteiger partial charge >= 0.3 is 5.97 Å². The number of hydrogen-bond donors (Lipinski definition) is 1. The Morgan fingerprint density at radius 3 is 3.00 bits per heavy atom. The van der Waals surface area contributed by atoms with Crippen molar-refractivity contribution in [3.8, 4) is 11.3 Å². The van der Waals surface area contributed by atoms with Gasteiger partial charge in [0.25, 0.3) is 0 Å². The van der Waals surface area contributed by atoms with Crippen molar-refractivity contribution < 1.29 is 9.53 Å². The fourth-order valence-electron chi connectivity index (χ4n) is 4.21. The van der Waals surface area contributed by atoms with Gasteiger partial charge in [-0.05, 0) is 49.8 Å². The molecule has 2 aliphatic rings. The molecule has 3 unspecified atom stereocenters. The zero-order valence-electron chi connectivity index (χ0n) is 13.4. The first-order valence-corrected chi connectivity index (χ1v) is 8.47. The maximum Gasteiger partial charge on any atom is 0.338 e. The largest absolute Gasteiger partial charge is 0.465 e. The van der Waals surface area contributed by atoms with Crippen molar-refractivity contribution in [1.82, 2.24) is 15.0 Å². The Bertz CT molecular complexity index is 806. The zero-order valence-corrected chi connectivity index (χ0v) is 14.2. The molecule has 2 fully saturated rings. The molecule has 0 amide bonds. The lowest BCUT2D eigenvalue weighted by Gasteiger charge is -2.30. The molecule has 4 rings (SSSR count). The van der Waals surface area contributed by atoms with E-state index in [0.717, 1.165) is 19.3 Å². The van der Waals surface area contributed by atoms with Crippen LogP contribution in [0, 0.1) is 5.92 Å². The molecule has 2 saturated carbocycles. The van der Waals surface area contributed by atoms with Crippen LogP contribution in [0.4, 0.5) is 0 Å². The maximum absolute atomic E-state index is 12.0. The highest BCUT2D eigenvalue weighted by atomic mass is 35.5. The number of benzene rings is 1. The number of hydrogen-bond acceptors (Lipinski definition) is 5. The van der Waals surface area contributed by atoms with Crippen LogP contribution in [0.1, 0.15) is 42.1 Å². The number of methoxy groups -OCH3 is 1. The van der Waals surface area contributed by atoms with Crippen LogP contribution in [0.5, 0.6) is 0 Å². The Labute approximate surface area is 144 Å². The van der Waals surface area contributed by atoms with E-state index in [1.54, 1.807) is 18.2 Å². The van der Waals surface area contributed by atoms with Crippen LogP contribution in [0.2, 0.25) is 5.02 Å². The van der Waals surface area contributed by atoms with Gasteiger partial charge in [-0.1, -0.05) is 16.8 Å². The van der Waals surface area contributed by atoms with E-state index >= 15 is 0 Å². The average Bonchev–Trinajstić information content (AvgIpc) is 3.26. The van der Waals surface area contributed by atoms with Gasteiger partial charge in [0.05, 0.1) is 24.9 Å². The van der Waals surface area contributed by atoms with Crippen molar-refractivity contribution in [3.63, 3.8) is 0 Å². The second-order valence-corrected chi connectivity index (χ2v) is 7.30. The van der Waals surface area contributed by atoms with Gasteiger partial charge in [-0.25, -0.2) is 9.48 Å². The number of nitrogens with zero attached hydrogens (tertiary/aromatic N) is 3. The predicted molar refractivity (Wildman–Crippen MR) is 89.7 cm³/mol. The van der Waals surface area contributed by atoms with Crippen molar-refractivity contribution in [3.05, 3.63) is 35.0 Å². The standard InChI is InChI=1S/C17H19ClN4O2/c1-24-16(23)12-3-2-11(18)7-13(12)14-9-22(21-20-14)15-6-10-4-5-17(15,19)8-10/h2-3,7,9-10,15H,4-6,8,19H2,1H3. The molecule has 3 atom stereocenters. The van der Waals surface area contributed by atoms with Gasteiger partial charge in [-0.3, -0.25) is 0 Å². The molecule has 2 N–H and O–H groups in total. The second kappa shape index (κ2) is 5.57. The molecule has 2 bridgehead atoms. The van der Waals surface area contributed by atoms with E-state index in [9.17, 15) is 4.79 Å². The van der Waals surface area contributed by atoms with E-state index < -0.39 is 5.97 Å². The van der Waals surface area contributed by atoms with Crippen LogP contribution in [0.3, 0.4) is 0 Å². The molecule has 2 aromatic rings. The normalized spacial score (nSPS) is 28.3. The summed E-state index contributed by atoms with van der Waals surface area (Å²) in [5, 5.41) is 9.07. The third-order valence-electron chi connectivity index (χ3n) is 5.40. The van der Waals surface area contributed by atoms with Crippen LogP contribution in [0.25, 0.3) is 11.3 Å². The number of rotatable bonds is 3. The number of nitrogens with two attached hydrogens (primary N) is 1. The van der Waals surface area contributed by atoms with Gasteiger partial charge in [-0.15, -0.1) is 5.10 Å². The molecule has 1 heterocycles. The zero-order chi connectivity index (χ0) is 16.9. The number of fused-ring (bicyclic) bond motifs is 2. The molecular formula is C17H19ClN4O2. The highest BCUT2D eigenvalue weighted by Gasteiger charge is 2.50. The molecule has 0 saturated heterocycles. The smallest absolute Gasteiger partial charge is 0.338 e. The molecule has 7 heteroatoms. The molecular weight excluding hydrogens is 328 g/mol. The Hall–Kier alpha value is -1.92. The van der Waals surface area contributed by atoms with Crippen molar-refractivity contribution in [2.45, 2.75) is 37.3 Å². The Balaban J connectivity index is 1.71.